The number of hydrogen-bond donors (Lipinski definition) is 1. The molecule has 0 fully saturated rings. The Morgan fingerprint density at radius 3 is 1.98 bits per heavy atom. The highest BCUT2D eigenvalue weighted by Gasteiger charge is 2.37. The second kappa shape index (κ2) is 13.9. The second-order valence-corrected chi connectivity index (χ2v) is 9.35. The van der Waals surface area contributed by atoms with Crippen molar-refractivity contribution >= 4 is 23.7 Å². The van der Waals surface area contributed by atoms with Crippen molar-refractivity contribution in [3.8, 4) is 11.5 Å². The SMILES string of the molecule is COc1ccc(C(Nc2ccn([C@H](OCCl)C(F)CCC=O)c(=O)n2)(c2ccccc2)c2ccc(OC)cc2)cc1. The zero-order chi connectivity index (χ0) is 29.2. The summed E-state index contributed by atoms with van der Waals surface area (Å²) in [5, 5.41) is 3.51. The molecular formula is C31H31ClFN3O5. The first-order valence-electron chi connectivity index (χ1n) is 12.9. The third-order valence-electron chi connectivity index (χ3n) is 6.78. The number of nitrogens with one attached hydrogen (secondary N) is 1. The van der Waals surface area contributed by atoms with Gasteiger partial charge in [0.25, 0.3) is 0 Å². The minimum absolute atomic E-state index is 0.0194. The summed E-state index contributed by atoms with van der Waals surface area (Å²) in [7, 11) is 3.20. The maximum absolute atomic E-state index is 14.9. The largest absolute Gasteiger partial charge is 0.497 e. The zero-order valence-corrected chi connectivity index (χ0v) is 23.5. The van der Waals surface area contributed by atoms with E-state index in [2.05, 4.69) is 10.3 Å². The molecule has 1 unspecified atom stereocenters. The number of rotatable bonds is 14. The Bertz CT molecular complexity index is 1420. The highest BCUT2D eigenvalue weighted by atomic mass is 35.5. The Morgan fingerprint density at radius 2 is 1.49 bits per heavy atom. The molecule has 10 heteroatoms. The zero-order valence-electron chi connectivity index (χ0n) is 22.7. The number of aldehydes is 1. The Morgan fingerprint density at radius 1 is 0.927 bits per heavy atom. The summed E-state index contributed by atoms with van der Waals surface area (Å²) in [6, 6.07) is 26.2. The van der Waals surface area contributed by atoms with Gasteiger partial charge in [-0.1, -0.05) is 66.2 Å². The van der Waals surface area contributed by atoms with Gasteiger partial charge in [-0.3, -0.25) is 4.57 Å². The molecule has 0 aliphatic heterocycles. The number of hydrogen-bond acceptors (Lipinski definition) is 7. The Kier molecular flexibility index (Phi) is 10.1. The van der Waals surface area contributed by atoms with Crippen molar-refractivity contribution in [1.82, 2.24) is 9.55 Å². The van der Waals surface area contributed by atoms with Gasteiger partial charge in [0.15, 0.2) is 6.23 Å². The smallest absolute Gasteiger partial charge is 0.351 e. The van der Waals surface area contributed by atoms with Gasteiger partial charge in [0.2, 0.25) is 0 Å². The molecule has 8 nitrogen and oxygen atoms in total. The number of halogens is 2. The maximum atomic E-state index is 14.9. The van der Waals surface area contributed by atoms with Crippen molar-refractivity contribution in [3.63, 3.8) is 0 Å². The number of carbonyl (C=O) groups is 1. The van der Waals surface area contributed by atoms with Crippen molar-refractivity contribution in [2.75, 3.05) is 25.6 Å². The van der Waals surface area contributed by atoms with E-state index in [0.717, 1.165) is 21.3 Å². The minimum Gasteiger partial charge on any atom is -0.497 e. The second-order valence-electron chi connectivity index (χ2n) is 9.13. The Balaban J connectivity index is 1.86. The summed E-state index contributed by atoms with van der Waals surface area (Å²) in [5.74, 6) is 1.62. The lowest BCUT2D eigenvalue weighted by Gasteiger charge is -2.37. The number of nitrogens with zero attached hydrogens (tertiary/aromatic N) is 2. The van der Waals surface area contributed by atoms with Gasteiger partial charge in [0.1, 0.15) is 41.4 Å². The van der Waals surface area contributed by atoms with E-state index in [0.29, 0.717) is 17.8 Å². The molecule has 41 heavy (non-hydrogen) atoms. The lowest BCUT2D eigenvalue weighted by atomic mass is 9.77. The lowest BCUT2D eigenvalue weighted by molar-refractivity contribution is -0.108. The fraction of sp³-hybridized carbons (Fsp3) is 0.258. The van der Waals surface area contributed by atoms with Crippen molar-refractivity contribution in [2.24, 2.45) is 0 Å². The van der Waals surface area contributed by atoms with Gasteiger partial charge in [-0.15, -0.1) is 0 Å². The normalized spacial score (nSPS) is 12.8. The van der Waals surface area contributed by atoms with E-state index in [1.54, 1.807) is 20.3 Å². The van der Waals surface area contributed by atoms with Crippen molar-refractivity contribution in [2.45, 2.75) is 30.8 Å². The summed E-state index contributed by atoms with van der Waals surface area (Å²) >= 11 is 5.72. The van der Waals surface area contributed by atoms with Gasteiger partial charge >= 0.3 is 5.69 Å². The summed E-state index contributed by atoms with van der Waals surface area (Å²) in [6.07, 6.45) is -1.10. The quantitative estimate of drug-likeness (QED) is 0.116. The van der Waals surface area contributed by atoms with Crippen LogP contribution in [-0.2, 0) is 15.1 Å². The lowest BCUT2D eigenvalue weighted by Crippen LogP contribution is -2.40. The Hall–Kier alpha value is -4.21. The number of anilines is 1. The number of ether oxygens (including phenoxy) is 3. The Labute approximate surface area is 242 Å². The van der Waals surface area contributed by atoms with Gasteiger partial charge in [-0.05, 0) is 53.4 Å². The highest BCUT2D eigenvalue weighted by molar-refractivity contribution is 6.17. The fourth-order valence-electron chi connectivity index (χ4n) is 4.75. The number of methoxy groups -OCH3 is 2. The summed E-state index contributed by atoms with van der Waals surface area (Å²) < 4.78 is 32.0. The molecule has 0 saturated heterocycles. The highest BCUT2D eigenvalue weighted by Crippen LogP contribution is 2.40. The number of benzene rings is 3. The van der Waals surface area contributed by atoms with Crippen LogP contribution in [0.15, 0.2) is 95.9 Å². The molecule has 0 aliphatic carbocycles. The van der Waals surface area contributed by atoms with Crippen LogP contribution >= 0.6 is 11.6 Å². The number of carbonyl (C=O) groups excluding carboxylic acids is 1. The predicted octanol–water partition coefficient (Wildman–Crippen LogP) is 5.69. The molecular weight excluding hydrogens is 549 g/mol. The molecule has 0 amide bonds. The molecule has 1 heterocycles. The van der Waals surface area contributed by atoms with E-state index in [4.69, 9.17) is 25.8 Å². The first-order valence-corrected chi connectivity index (χ1v) is 13.5. The molecule has 0 radical (unpaired) electrons. The first-order chi connectivity index (χ1) is 20.0. The molecule has 1 aromatic heterocycles. The van der Waals surface area contributed by atoms with Crippen LogP contribution in [0.3, 0.4) is 0 Å². The van der Waals surface area contributed by atoms with Gasteiger partial charge in [-0.25, -0.2) is 9.18 Å². The van der Waals surface area contributed by atoms with E-state index in [1.165, 1.54) is 6.20 Å². The van der Waals surface area contributed by atoms with Gasteiger partial charge < -0.3 is 24.3 Å². The molecule has 0 aliphatic rings. The van der Waals surface area contributed by atoms with E-state index >= 15 is 0 Å². The van der Waals surface area contributed by atoms with Crippen LogP contribution in [0.5, 0.6) is 11.5 Å². The van der Waals surface area contributed by atoms with Gasteiger partial charge in [0, 0.05) is 12.6 Å². The standard InChI is InChI=1S/C31H31ClFN3O5/c1-39-25-14-10-23(11-15-25)31(22-7-4-3-5-8-22,24-12-16-26(40-2)17-13-24)35-28-18-19-36(30(38)34-28)29(41-21-32)27(33)9-6-20-37/h3-5,7-8,10-20,27,29H,6,9,21H2,1-2H3,(H,34,35,38)/t27?,29-/m1/s1. The third-order valence-corrected chi connectivity index (χ3v) is 6.90. The summed E-state index contributed by atoms with van der Waals surface area (Å²) in [5.41, 5.74) is 0.820. The van der Waals surface area contributed by atoms with Crippen LogP contribution in [0.1, 0.15) is 35.8 Å². The molecule has 4 aromatic rings. The van der Waals surface area contributed by atoms with Gasteiger partial charge in [-0.2, -0.15) is 4.98 Å². The van der Waals surface area contributed by atoms with Crippen LogP contribution < -0.4 is 20.5 Å². The van der Waals surface area contributed by atoms with Crippen LogP contribution in [0.4, 0.5) is 10.2 Å². The molecule has 0 spiro atoms. The maximum Gasteiger partial charge on any atom is 0.351 e. The van der Waals surface area contributed by atoms with E-state index in [-0.39, 0.29) is 24.7 Å². The molecule has 0 bridgehead atoms. The van der Waals surface area contributed by atoms with Gasteiger partial charge in [0.05, 0.1) is 14.2 Å². The van der Waals surface area contributed by atoms with Crippen LogP contribution in [0.2, 0.25) is 0 Å². The number of aromatic nitrogens is 2. The third kappa shape index (κ3) is 6.58. The monoisotopic (exact) mass is 579 g/mol. The topological polar surface area (TPSA) is 91.7 Å². The van der Waals surface area contributed by atoms with Crippen molar-refractivity contribution in [3.05, 3.63) is 118 Å². The number of alkyl halides is 2. The molecule has 2 atom stereocenters. The molecule has 4 rings (SSSR count). The van der Waals surface area contributed by atoms with E-state index in [9.17, 15) is 14.0 Å². The van der Waals surface area contributed by atoms with Crippen LogP contribution in [0.25, 0.3) is 0 Å². The van der Waals surface area contributed by atoms with E-state index < -0.39 is 23.6 Å². The van der Waals surface area contributed by atoms with Crippen molar-refractivity contribution in [1.29, 1.82) is 0 Å². The first kappa shape index (κ1) is 29.8. The molecule has 214 valence electrons. The minimum atomic E-state index is -1.64. The fourth-order valence-corrected chi connectivity index (χ4v) is 4.88. The molecule has 3 aromatic carbocycles. The average Bonchev–Trinajstić information content (AvgIpc) is 3.02. The van der Waals surface area contributed by atoms with Crippen LogP contribution in [-0.4, -0.2) is 42.3 Å². The van der Waals surface area contributed by atoms with E-state index in [1.807, 2.05) is 78.9 Å². The average molecular weight is 580 g/mol. The predicted molar refractivity (Wildman–Crippen MR) is 155 cm³/mol. The van der Waals surface area contributed by atoms with Crippen molar-refractivity contribution < 1.29 is 23.4 Å². The molecule has 0 saturated carbocycles. The summed E-state index contributed by atoms with van der Waals surface area (Å²) in [6.45, 7) is 0. The van der Waals surface area contributed by atoms with Crippen LogP contribution in [0, 0.1) is 0 Å². The summed E-state index contributed by atoms with van der Waals surface area (Å²) in [4.78, 5) is 28.2. The molecule has 1 N–H and O–H groups in total.